The molecule has 0 spiro atoms. The first-order valence-corrected chi connectivity index (χ1v) is 13.9. The summed E-state index contributed by atoms with van der Waals surface area (Å²) >= 11 is 0. The van der Waals surface area contributed by atoms with Crippen LogP contribution in [0.3, 0.4) is 0 Å². The van der Waals surface area contributed by atoms with Crippen LogP contribution in [-0.2, 0) is 14.8 Å². The number of nitrogens with two attached hydrogens (primary N) is 1. The minimum atomic E-state index is -3.92. The predicted molar refractivity (Wildman–Crippen MR) is 144 cm³/mol. The average molecular weight is 557 g/mol. The molecular formula is C25H26F2N8O3S. The Bertz CT molecular complexity index is 1610. The molecule has 204 valence electrons. The molecule has 0 radical (unpaired) electrons. The summed E-state index contributed by atoms with van der Waals surface area (Å²) in [4.78, 5) is 24.3. The average Bonchev–Trinajstić information content (AvgIpc) is 2.93. The van der Waals surface area contributed by atoms with E-state index in [0.717, 1.165) is 0 Å². The maximum atomic E-state index is 15.5. The minimum absolute atomic E-state index is 0.0170. The highest BCUT2D eigenvalue weighted by atomic mass is 32.2. The van der Waals surface area contributed by atoms with Crippen LogP contribution < -0.4 is 15.4 Å². The van der Waals surface area contributed by atoms with Crippen LogP contribution in [0, 0.1) is 5.82 Å². The van der Waals surface area contributed by atoms with Crippen molar-refractivity contribution >= 4 is 38.5 Å². The molecule has 0 amide bonds. The van der Waals surface area contributed by atoms with E-state index in [-0.39, 0.29) is 35.4 Å². The van der Waals surface area contributed by atoms with E-state index in [2.05, 4.69) is 24.6 Å². The summed E-state index contributed by atoms with van der Waals surface area (Å²) in [7, 11) is -3.92. The van der Waals surface area contributed by atoms with Gasteiger partial charge in [-0.15, -0.1) is 0 Å². The van der Waals surface area contributed by atoms with Crippen molar-refractivity contribution in [3.05, 3.63) is 48.5 Å². The van der Waals surface area contributed by atoms with Crippen LogP contribution in [0.15, 0.2) is 42.7 Å². The molecule has 1 aliphatic heterocycles. The maximum Gasteiger partial charge on any atom is 0.232 e. The summed E-state index contributed by atoms with van der Waals surface area (Å²) in [5.74, 6) is -0.219. The van der Waals surface area contributed by atoms with Crippen LogP contribution in [0.5, 0.6) is 0 Å². The molecule has 1 aromatic carbocycles. The van der Waals surface area contributed by atoms with Crippen molar-refractivity contribution in [1.82, 2.24) is 24.9 Å². The number of ether oxygens (including phenoxy) is 1. The van der Waals surface area contributed by atoms with E-state index >= 15 is 4.39 Å². The molecule has 5 rings (SSSR count). The van der Waals surface area contributed by atoms with Crippen molar-refractivity contribution in [3.63, 3.8) is 0 Å². The third-order valence-electron chi connectivity index (χ3n) is 6.18. The molecule has 1 atom stereocenters. The largest absolute Gasteiger partial charge is 0.377 e. The van der Waals surface area contributed by atoms with Gasteiger partial charge in [-0.2, -0.15) is 0 Å². The first kappa shape index (κ1) is 26.6. The smallest absolute Gasteiger partial charge is 0.232 e. The lowest BCUT2D eigenvalue weighted by molar-refractivity contribution is 0.0987. The molecular weight excluding hydrogens is 530 g/mol. The Hall–Kier alpha value is -4.04. The Balaban J connectivity index is 1.61. The number of pyridine rings is 1. The number of anilines is 3. The summed E-state index contributed by atoms with van der Waals surface area (Å²) < 4.78 is 60.3. The summed E-state index contributed by atoms with van der Waals surface area (Å²) in [5.41, 5.74) is 7.25. The second-order valence-electron chi connectivity index (χ2n) is 9.01. The Morgan fingerprint density at radius 2 is 1.95 bits per heavy atom. The maximum absolute atomic E-state index is 15.5. The van der Waals surface area contributed by atoms with Crippen molar-refractivity contribution < 1.29 is 21.9 Å². The van der Waals surface area contributed by atoms with Gasteiger partial charge in [0.25, 0.3) is 0 Å². The van der Waals surface area contributed by atoms with Gasteiger partial charge in [-0.3, -0.25) is 9.11 Å². The van der Waals surface area contributed by atoms with Crippen molar-refractivity contribution in [1.29, 1.82) is 0 Å². The molecule has 3 aromatic heterocycles. The van der Waals surface area contributed by atoms with Crippen molar-refractivity contribution in [2.75, 3.05) is 47.5 Å². The molecule has 0 bridgehead atoms. The van der Waals surface area contributed by atoms with Gasteiger partial charge in [0, 0.05) is 24.5 Å². The number of hydrogen-bond donors (Lipinski definition) is 2. The lowest BCUT2D eigenvalue weighted by Gasteiger charge is -2.34. The zero-order chi connectivity index (χ0) is 27.6. The normalized spacial score (nSPS) is 16.0. The molecule has 11 nitrogen and oxygen atoms in total. The van der Waals surface area contributed by atoms with Gasteiger partial charge in [-0.05, 0) is 37.6 Å². The highest BCUT2D eigenvalue weighted by Crippen LogP contribution is 2.33. The fraction of sp³-hybridized carbons (Fsp3) is 0.320. The number of nitrogens with zero attached hydrogens (tertiary/aromatic N) is 6. The Morgan fingerprint density at radius 3 is 2.69 bits per heavy atom. The van der Waals surface area contributed by atoms with Gasteiger partial charge in [-0.25, -0.2) is 37.7 Å². The topological polar surface area (TPSA) is 149 Å². The zero-order valence-corrected chi connectivity index (χ0v) is 21.8. The number of nitrogen functional groups attached to an aromatic ring is 1. The monoisotopic (exact) mass is 556 g/mol. The number of nitrogens with one attached hydrogen (secondary N) is 1. The summed E-state index contributed by atoms with van der Waals surface area (Å²) in [6.45, 7) is 2.76. The van der Waals surface area contributed by atoms with Crippen LogP contribution >= 0.6 is 0 Å². The first-order valence-electron chi connectivity index (χ1n) is 12.2. The molecule has 0 unspecified atom stereocenters. The van der Waals surface area contributed by atoms with Gasteiger partial charge < -0.3 is 15.4 Å². The molecule has 0 saturated carbocycles. The number of fused-ring (bicyclic) bond motifs is 1. The second kappa shape index (κ2) is 11.0. The minimum Gasteiger partial charge on any atom is -0.377 e. The van der Waals surface area contributed by atoms with Crippen molar-refractivity contribution in [2.45, 2.75) is 19.4 Å². The Labute approximate surface area is 223 Å². The number of alkyl halides is 1. The van der Waals surface area contributed by atoms with E-state index in [9.17, 15) is 12.8 Å². The van der Waals surface area contributed by atoms with Gasteiger partial charge in [0.05, 0.1) is 54.1 Å². The fourth-order valence-electron chi connectivity index (χ4n) is 4.25. The molecule has 3 N–H and O–H groups in total. The summed E-state index contributed by atoms with van der Waals surface area (Å²) in [5, 5.41) is 0. The lowest BCUT2D eigenvalue weighted by Crippen LogP contribution is -2.44. The third kappa shape index (κ3) is 5.71. The van der Waals surface area contributed by atoms with E-state index in [4.69, 9.17) is 20.4 Å². The lowest BCUT2D eigenvalue weighted by atomic mass is 10.1. The molecule has 1 saturated heterocycles. The number of aromatic nitrogens is 5. The summed E-state index contributed by atoms with van der Waals surface area (Å²) in [6.07, 6.45) is 2.89. The number of benzene rings is 1. The predicted octanol–water partition coefficient (Wildman–Crippen LogP) is 3.20. The number of halogens is 2. The number of sulfonamides is 1. The van der Waals surface area contributed by atoms with Gasteiger partial charge in [-0.1, -0.05) is 6.07 Å². The zero-order valence-electron chi connectivity index (χ0n) is 21.0. The van der Waals surface area contributed by atoms with Crippen LogP contribution in [0.1, 0.15) is 13.3 Å². The number of morpholine rings is 1. The van der Waals surface area contributed by atoms with Crippen molar-refractivity contribution in [2.24, 2.45) is 0 Å². The highest BCUT2D eigenvalue weighted by molar-refractivity contribution is 7.92. The standard InChI is InChI=1S/C25H26F2N8O3S/c1-15-14-38-10-9-35(15)24-22-20(32-23(33-24)16-12-29-25(28)30-13-16)7-6-18(31-22)17-4-2-5-19(21(17)27)34-39(36,37)11-3-8-26/h2,4-7,12-13,15,34H,3,8-11,14H2,1H3,(H2,28,29,30)/t15-/m0/s1. The first-order chi connectivity index (χ1) is 18.8. The van der Waals surface area contributed by atoms with Gasteiger partial charge in [0.2, 0.25) is 16.0 Å². The quantitative estimate of drug-likeness (QED) is 0.331. The highest BCUT2D eigenvalue weighted by Gasteiger charge is 2.25. The molecule has 14 heteroatoms. The SMILES string of the molecule is C[C@H]1COCCN1c1nc(-c2cnc(N)nc2)nc2ccc(-c3cccc(NS(=O)(=O)CCCF)c3F)nc12. The van der Waals surface area contributed by atoms with Crippen LogP contribution in [0.25, 0.3) is 33.7 Å². The second-order valence-corrected chi connectivity index (χ2v) is 10.9. The number of hydrogen-bond acceptors (Lipinski definition) is 10. The van der Waals surface area contributed by atoms with Gasteiger partial charge in [0.1, 0.15) is 5.52 Å². The van der Waals surface area contributed by atoms with Gasteiger partial charge in [0.15, 0.2) is 17.5 Å². The van der Waals surface area contributed by atoms with E-state index < -0.39 is 28.3 Å². The van der Waals surface area contributed by atoms with E-state index in [0.29, 0.717) is 48.0 Å². The van der Waals surface area contributed by atoms with Crippen LogP contribution in [0.4, 0.5) is 26.2 Å². The van der Waals surface area contributed by atoms with Gasteiger partial charge >= 0.3 is 0 Å². The van der Waals surface area contributed by atoms with E-state index in [1.54, 1.807) is 12.1 Å². The number of rotatable bonds is 8. The molecule has 1 fully saturated rings. The van der Waals surface area contributed by atoms with Crippen LogP contribution in [0.2, 0.25) is 0 Å². The molecule has 0 aliphatic carbocycles. The molecule has 1 aliphatic rings. The van der Waals surface area contributed by atoms with Crippen molar-refractivity contribution in [3.8, 4) is 22.6 Å². The van der Waals surface area contributed by atoms with E-state index in [1.807, 2.05) is 6.92 Å². The third-order valence-corrected chi connectivity index (χ3v) is 7.54. The van der Waals surface area contributed by atoms with Crippen LogP contribution in [-0.4, -0.2) is 71.6 Å². The van der Waals surface area contributed by atoms with E-state index in [1.165, 1.54) is 30.6 Å². The Kier molecular flexibility index (Phi) is 7.48. The fourth-order valence-corrected chi connectivity index (χ4v) is 5.33. The Morgan fingerprint density at radius 1 is 1.15 bits per heavy atom. The molecule has 4 aromatic rings. The molecule has 39 heavy (non-hydrogen) atoms. The molecule has 4 heterocycles. The summed E-state index contributed by atoms with van der Waals surface area (Å²) in [6, 6.07) is 7.61.